The molecule has 1 saturated heterocycles. The summed E-state index contributed by atoms with van der Waals surface area (Å²) >= 11 is 0. The van der Waals surface area contributed by atoms with Crippen LogP contribution < -0.4 is 10.8 Å². The van der Waals surface area contributed by atoms with Crippen LogP contribution >= 0.6 is 0 Å². The summed E-state index contributed by atoms with van der Waals surface area (Å²) in [7, 11) is 1.52. The number of nitrogens with one attached hydrogen (secondary N) is 1. The Kier molecular flexibility index (Phi) is 9.47. The highest BCUT2D eigenvalue weighted by atomic mass is 19.4. The third-order valence-corrected chi connectivity index (χ3v) is 5.27. The molecule has 2 heterocycles. The fraction of sp³-hybridized carbons (Fsp3) is 0.478. The molecule has 1 aromatic heterocycles. The number of aryl methyl sites for hydroxylation is 1. The number of carbonyl (C=O) groups excluding carboxylic acids is 1. The molecule has 0 aliphatic carbocycles. The van der Waals surface area contributed by atoms with Crippen LogP contribution in [0.25, 0.3) is 0 Å². The first-order valence-electron chi connectivity index (χ1n) is 10.4. The van der Waals surface area contributed by atoms with Gasteiger partial charge in [-0.05, 0) is 52.8 Å². The molecule has 0 spiro atoms. The van der Waals surface area contributed by atoms with Crippen molar-refractivity contribution in [1.29, 1.82) is 0 Å². The first-order valence-corrected chi connectivity index (χ1v) is 10.4. The Balaban J connectivity index is 0.000000318. The van der Waals surface area contributed by atoms with Gasteiger partial charge in [0.1, 0.15) is 6.29 Å². The maximum Gasteiger partial charge on any atom is 0.496 e. The predicted molar refractivity (Wildman–Crippen MR) is 122 cm³/mol. The van der Waals surface area contributed by atoms with Gasteiger partial charge < -0.3 is 14.6 Å². The van der Waals surface area contributed by atoms with Crippen molar-refractivity contribution in [3.63, 3.8) is 0 Å². The molecule has 3 rings (SSSR count). The number of nitrogens with zero attached hydrogens (tertiary/aromatic N) is 1. The van der Waals surface area contributed by atoms with E-state index in [0.29, 0.717) is 6.29 Å². The maximum atomic E-state index is 12.0. The number of aldehydes is 1. The van der Waals surface area contributed by atoms with E-state index in [2.05, 4.69) is 38.0 Å². The number of aromatic nitrogens is 1. The van der Waals surface area contributed by atoms with Crippen molar-refractivity contribution in [1.82, 2.24) is 4.98 Å². The molecule has 1 aromatic carbocycles. The SMILES string of the molecule is CC.CNc1cnc(C)c(B2OC(C)(C)C(C)(C)O2)c1.O=Cc1cccc(C(F)(F)F)c1. The standard InChI is InChI=1S/C13H21BN2O2.C8H5F3O.C2H6/c1-9-11(7-10(15-6)8-16-9)14-17-12(2,3)13(4,5)18-14;9-8(10,11)7-3-1-2-6(4-7)5-12;1-2/h7-8,15H,1-6H3;1-5H;1-2H3. The van der Waals surface area contributed by atoms with Gasteiger partial charge in [0.05, 0.1) is 28.6 Å². The minimum absolute atomic E-state index is 0.0322. The Labute approximate surface area is 188 Å². The van der Waals surface area contributed by atoms with Crippen LogP contribution in [0.5, 0.6) is 0 Å². The summed E-state index contributed by atoms with van der Waals surface area (Å²) in [6, 6.07) is 6.29. The van der Waals surface area contributed by atoms with E-state index in [-0.39, 0.29) is 23.9 Å². The monoisotopic (exact) mass is 452 g/mol. The lowest BCUT2D eigenvalue weighted by molar-refractivity contribution is -0.137. The second-order valence-electron chi connectivity index (χ2n) is 7.98. The van der Waals surface area contributed by atoms with Crippen molar-refractivity contribution >= 4 is 24.6 Å². The van der Waals surface area contributed by atoms with E-state index in [9.17, 15) is 18.0 Å². The minimum Gasteiger partial charge on any atom is -0.399 e. The van der Waals surface area contributed by atoms with Crippen molar-refractivity contribution in [2.45, 2.75) is 65.8 Å². The molecular formula is C23H32BF3N2O3. The number of hydrogen-bond acceptors (Lipinski definition) is 5. The Morgan fingerprint density at radius 2 is 1.62 bits per heavy atom. The molecule has 1 fully saturated rings. The van der Waals surface area contributed by atoms with Crippen LogP contribution in [-0.2, 0) is 15.5 Å². The lowest BCUT2D eigenvalue weighted by atomic mass is 9.78. The van der Waals surface area contributed by atoms with Gasteiger partial charge in [-0.3, -0.25) is 9.78 Å². The molecule has 1 aliphatic rings. The second-order valence-corrected chi connectivity index (χ2v) is 7.98. The van der Waals surface area contributed by atoms with Crippen LogP contribution in [-0.4, -0.2) is 36.6 Å². The van der Waals surface area contributed by atoms with E-state index in [1.54, 1.807) is 0 Å². The number of rotatable bonds is 3. The second kappa shape index (κ2) is 11.0. The van der Waals surface area contributed by atoms with E-state index in [1.165, 1.54) is 12.1 Å². The Hall–Kier alpha value is -2.39. The summed E-state index contributed by atoms with van der Waals surface area (Å²) < 4.78 is 48.0. The number of alkyl halides is 3. The molecule has 0 radical (unpaired) electrons. The molecule has 0 atom stereocenters. The first-order chi connectivity index (χ1) is 14.8. The fourth-order valence-electron chi connectivity index (χ4n) is 2.68. The number of hydrogen-bond donors (Lipinski definition) is 1. The summed E-state index contributed by atoms with van der Waals surface area (Å²) in [5.41, 5.74) is 1.48. The number of anilines is 1. The van der Waals surface area contributed by atoms with E-state index in [4.69, 9.17) is 9.31 Å². The molecule has 176 valence electrons. The predicted octanol–water partition coefficient (Wildman–Crippen LogP) is 5.28. The smallest absolute Gasteiger partial charge is 0.399 e. The summed E-state index contributed by atoms with van der Waals surface area (Å²) in [6.45, 7) is 14.2. The molecule has 9 heteroatoms. The van der Waals surface area contributed by atoms with Crippen molar-refractivity contribution in [3.05, 3.63) is 53.3 Å². The highest BCUT2D eigenvalue weighted by Crippen LogP contribution is 2.36. The minimum atomic E-state index is -4.38. The number of carbonyl (C=O) groups is 1. The molecule has 1 aliphatic heterocycles. The summed E-state index contributed by atoms with van der Waals surface area (Å²) in [5.74, 6) is 0. The number of halogens is 3. The van der Waals surface area contributed by atoms with Crippen LogP contribution in [0.2, 0.25) is 0 Å². The Morgan fingerprint density at radius 1 is 1.06 bits per heavy atom. The Bertz CT molecular complexity index is 886. The van der Waals surface area contributed by atoms with Crippen molar-refractivity contribution in [3.8, 4) is 0 Å². The van der Waals surface area contributed by atoms with E-state index < -0.39 is 11.7 Å². The third kappa shape index (κ3) is 6.80. The van der Waals surface area contributed by atoms with Crippen molar-refractivity contribution in [2.24, 2.45) is 0 Å². The quantitative estimate of drug-likeness (QED) is 0.508. The van der Waals surface area contributed by atoms with Crippen LogP contribution in [0.4, 0.5) is 18.9 Å². The lowest BCUT2D eigenvalue weighted by Crippen LogP contribution is -2.41. The topological polar surface area (TPSA) is 60.5 Å². The van der Waals surface area contributed by atoms with E-state index in [0.717, 1.165) is 29.0 Å². The molecule has 2 aromatic rings. The molecule has 32 heavy (non-hydrogen) atoms. The van der Waals surface area contributed by atoms with Gasteiger partial charge in [0.25, 0.3) is 0 Å². The first kappa shape index (κ1) is 27.6. The van der Waals surface area contributed by atoms with Gasteiger partial charge in [-0.15, -0.1) is 0 Å². The summed E-state index contributed by atoms with van der Waals surface area (Å²) in [5, 5.41) is 3.09. The zero-order valence-corrected chi connectivity index (χ0v) is 19.9. The average Bonchev–Trinajstić information content (AvgIpc) is 2.96. The molecule has 0 unspecified atom stereocenters. The van der Waals surface area contributed by atoms with Crippen LogP contribution in [0.3, 0.4) is 0 Å². The summed E-state index contributed by atoms with van der Waals surface area (Å²) in [4.78, 5) is 14.5. The van der Waals surface area contributed by atoms with Crippen molar-refractivity contribution in [2.75, 3.05) is 12.4 Å². The molecular weight excluding hydrogens is 420 g/mol. The fourth-order valence-corrected chi connectivity index (χ4v) is 2.68. The van der Waals surface area contributed by atoms with Crippen LogP contribution in [0.15, 0.2) is 36.5 Å². The zero-order valence-electron chi connectivity index (χ0n) is 19.9. The van der Waals surface area contributed by atoms with Gasteiger partial charge in [-0.25, -0.2) is 0 Å². The largest absolute Gasteiger partial charge is 0.496 e. The normalized spacial score (nSPS) is 16.3. The van der Waals surface area contributed by atoms with Gasteiger partial charge in [0.15, 0.2) is 0 Å². The number of benzene rings is 1. The molecule has 1 N–H and O–H groups in total. The van der Waals surface area contributed by atoms with Gasteiger partial charge in [0.2, 0.25) is 0 Å². The lowest BCUT2D eigenvalue weighted by Gasteiger charge is -2.32. The van der Waals surface area contributed by atoms with E-state index >= 15 is 0 Å². The van der Waals surface area contributed by atoms with Gasteiger partial charge in [-0.1, -0.05) is 26.0 Å². The van der Waals surface area contributed by atoms with Gasteiger partial charge >= 0.3 is 13.3 Å². The molecule has 0 bridgehead atoms. The maximum absolute atomic E-state index is 12.0. The van der Waals surface area contributed by atoms with E-state index in [1.807, 2.05) is 40.1 Å². The highest BCUT2D eigenvalue weighted by Gasteiger charge is 2.52. The third-order valence-electron chi connectivity index (χ3n) is 5.27. The molecule has 5 nitrogen and oxygen atoms in total. The number of pyridine rings is 1. The highest BCUT2D eigenvalue weighted by molar-refractivity contribution is 6.62. The molecule has 0 amide bonds. The van der Waals surface area contributed by atoms with Crippen LogP contribution in [0, 0.1) is 6.92 Å². The molecule has 0 saturated carbocycles. The van der Waals surface area contributed by atoms with Crippen molar-refractivity contribution < 1.29 is 27.3 Å². The Morgan fingerprint density at radius 3 is 2.09 bits per heavy atom. The zero-order chi connectivity index (χ0) is 24.7. The summed E-state index contributed by atoms with van der Waals surface area (Å²) in [6.07, 6.45) is -2.18. The van der Waals surface area contributed by atoms with Gasteiger partial charge in [0, 0.05) is 23.8 Å². The average molecular weight is 452 g/mol. The van der Waals surface area contributed by atoms with Gasteiger partial charge in [-0.2, -0.15) is 13.2 Å². The van der Waals surface area contributed by atoms with Crippen LogP contribution in [0.1, 0.15) is 63.2 Å².